The smallest absolute Gasteiger partial charge is 0.299 e. The summed E-state index contributed by atoms with van der Waals surface area (Å²) in [5, 5.41) is 0. The van der Waals surface area contributed by atoms with Gasteiger partial charge in [0.2, 0.25) is 0 Å². The monoisotopic (exact) mass is 219 g/mol. The highest BCUT2D eigenvalue weighted by Crippen LogP contribution is 2.30. The second kappa shape index (κ2) is 3.40. The lowest BCUT2D eigenvalue weighted by molar-refractivity contribution is -0.146. The van der Waals surface area contributed by atoms with Crippen molar-refractivity contribution in [3.05, 3.63) is 34.2 Å². The van der Waals surface area contributed by atoms with Crippen LogP contribution in [0.2, 0.25) is 0 Å². The number of hydrogen-bond donors (Lipinski definition) is 0. The molecule has 0 aliphatic rings. The van der Waals surface area contributed by atoms with E-state index in [1.54, 1.807) is 20.8 Å². The SMILES string of the molecule is CC(C)(C)n1c(C(F)(F)F)cccc1=O. The molecule has 2 nitrogen and oxygen atoms in total. The number of rotatable bonds is 0. The van der Waals surface area contributed by atoms with Gasteiger partial charge >= 0.3 is 6.18 Å². The van der Waals surface area contributed by atoms with Crippen molar-refractivity contribution < 1.29 is 13.2 Å². The average molecular weight is 219 g/mol. The third kappa shape index (κ3) is 2.40. The summed E-state index contributed by atoms with van der Waals surface area (Å²) in [7, 11) is 0. The summed E-state index contributed by atoms with van der Waals surface area (Å²) in [4.78, 5) is 11.4. The van der Waals surface area contributed by atoms with Gasteiger partial charge in [0, 0.05) is 11.6 Å². The molecule has 1 aromatic rings. The second-order valence-corrected chi connectivity index (χ2v) is 4.25. The van der Waals surface area contributed by atoms with Crippen LogP contribution in [0.4, 0.5) is 13.2 Å². The van der Waals surface area contributed by atoms with Gasteiger partial charge in [-0.1, -0.05) is 6.07 Å². The minimum Gasteiger partial charge on any atom is -0.299 e. The molecule has 1 aromatic heterocycles. The van der Waals surface area contributed by atoms with Crippen LogP contribution in [0.5, 0.6) is 0 Å². The van der Waals surface area contributed by atoms with Gasteiger partial charge in [-0.3, -0.25) is 9.36 Å². The van der Waals surface area contributed by atoms with E-state index in [1.165, 1.54) is 0 Å². The molecule has 0 N–H and O–H groups in total. The molecule has 0 spiro atoms. The first-order valence-corrected chi connectivity index (χ1v) is 4.44. The summed E-state index contributed by atoms with van der Waals surface area (Å²) >= 11 is 0. The summed E-state index contributed by atoms with van der Waals surface area (Å²) in [6.45, 7) is 4.68. The molecule has 0 aliphatic carbocycles. The Bertz CT molecular complexity index is 412. The minimum atomic E-state index is -4.51. The zero-order valence-corrected chi connectivity index (χ0v) is 8.72. The maximum Gasteiger partial charge on any atom is 0.431 e. The Kier molecular flexibility index (Phi) is 2.67. The Labute approximate surface area is 85.3 Å². The third-order valence-corrected chi connectivity index (χ3v) is 1.92. The first kappa shape index (κ1) is 11.8. The fourth-order valence-electron chi connectivity index (χ4n) is 1.40. The van der Waals surface area contributed by atoms with Gasteiger partial charge in [0.25, 0.3) is 5.56 Å². The Morgan fingerprint density at radius 3 is 2.00 bits per heavy atom. The van der Waals surface area contributed by atoms with Crippen LogP contribution in [-0.4, -0.2) is 4.57 Å². The molecule has 1 heterocycles. The molecule has 15 heavy (non-hydrogen) atoms. The van der Waals surface area contributed by atoms with Gasteiger partial charge in [-0.05, 0) is 26.8 Å². The van der Waals surface area contributed by atoms with Crippen molar-refractivity contribution in [2.24, 2.45) is 0 Å². The normalized spacial score (nSPS) is 12.9. The van der Waals surface area contributed by atoms with Crippen LogP contribution in [0, 0.1) is 0 Å². The molecule has 0 fully saturated rings. The third-order valence-electron chi connectivity index (χ3n) is 1.92. The molecule has 1 rings (SSSR count). The van der Waals surface area contributed by atoms with E-state index in [0.717, 1.165) is 22.8 Å². The largest absolute Gasteiger partial charge is 0.431 e. The predicted octanol–water partition coefficient (Wildman–Crippen LogP) is 2.62. The maximum absolute atomic E-state index is 12.6. The van der Waals surface area contributed by atoms with E-state index in [4.69, 9.17) is 0 Å². The van der Waals surface area contributed by atoms with E-state index < -0.39 is 23.0 Å². The van der Waals surface area contributed by atoms with Crippen LogP contribution in [0.3, 0.4) is 0 Å². The lowest BCUT2D eigenvalue weighted by Gasteiger charge is -2.26. The Hall–Kier alpha value is -1.26. The molecule has 0 amide bonds. The molecule has 0 radical (unpaired) electrons. The molecule has 5 heteroatoms. The number of halogens is 3. The van der Waals surface area contributed by atoms with Crippen LogP contribution >= 0.6 is 0 Å². The van der Waals surface area contributed by atoms with Gasteiger partial charge < -0.3 is 0 Å². The number of hydrogen-bond acceptors (Lipinski definition) is 1. The Balaban J connectivity index is 3.55. The van der Waals surface area contributed by atoms with Crippen molar-refractivity contribution in [1.29, 1.82) is 0 Å². The number of aromatic nitrogens is 1. The van der Waals surface area contributed by atoms with Crippen LogP contribution in [0.1, 0.15) is 26.5 Å². The summed E-state index contributed by atoms with van der Waals surface area (Å²) in [5.74, 6) is 0. The highest BCUT2D eigenvalue weighted by atomic mass is 19.4. The first-order valence-electron chi connectivity index (χ1n) is 4.44. The van der Waals surface area contributed by atoms with Crippen molar-refractivity contribution in [3.63, 3.8) is 0 Å². The summed E-state index contributed by atoms with van der Waals surface area (Å²) in [5.41, 5.74) is -2.44. The molecule has 84 valence electrons. The van der Waals surface area contributed by atoms with Gasteiger partial charge in [0.05, 0.1) is 0 Å². The van der Waals surface area contributed by atoms with Gasteiger partial charge in [0.15, 0.2) is 0 Å². The van der Waals surface area contributed by atoms with E-state index in [-0.39, 0.29) is 0 Å². The Morgan fingerprint density at radius 2 is 1.67 bits per heavy atom. The zero-order chi connectivity index (χ0) is 11.9. The van der Waals surface area contributed by atoms with Crippen molar-refractivity contribution in [1.82, 2.24) is 4.57 Å². The number of pyridine rings is 1. The van der Waals surface area contributed by atoms with E-state index >= 15 is 0 Å². The molecular weight excluding hydrogens is 207 g/mol. The summed E-state index contributed by atoms with van der Waals surface area (Å²) in [6, 6.07) is 3.15. The van der Waals surface area contributed by atoms with Gasteiger partial charge in [-0.2, -0.15) is 13.2 Å². The van der Waals surface area contributed by atoms with Crippen molar-refractivity contribution in [2.45, 2.75) is 32.5 Å². The lowest BCUT2D eigenvalue weighted by atomic mass is 10.1. The highest BCUT2D eigenvalue weighted by molar-refractivity contribution is 5.12. The van der Waals surface area contributed by atoms with E-state index in [2.05, 4.69) is 0 Å². The molecule has 0 saturated heterocycles. The van der Waals surface area contributed by atoms with Crippen LogP contribution in [-0.2, 0) is 11.7 Å². The topological polar surface area (TPSA) is 22.0 Å². The van der Waals surface area contributed by atoms with E-state index in [0.29, 0.717) is 0 Å². The number of nitrogens with zero attached hydrogens (tertiary/aromatic N) is 1. The predicted molar refractivity (Wildman–Crippen MR) is 50.7 cm³/mol. The summed E-state index contributed by atoms with van der Waals surface area (Å²) < 4.78 is 38.6. The fourth-order valence-corrected chi connectivity index (χ4v) is 1.40. The van der Waals surface area contributed by atoms with Crippen molar-refractivity contribution in [2.75, 3.05) is 0 Å². The van der Waals surface area contributed by atoms with Crippen LogP contribution in [0.25, 0.3) is 0 Å². The van der Waals surface area contributed by atoms with Crippen LogP contribution in [0.15, 0.2) is 23.0 Å². The van der Waals surface area contributed by atoms with E-state index in [9.17, 15) is 18.0 Å². The molecule has 0 bridgehead atoms. The standard InChI is InChI=1S/C10H12F3NO/c1-9(2,3)14-7(10(11,12)13)5-4-6-8(14)15/h4-6H,1-3H3. The van der Waals surface area contributed by atoms with Gasteiger partial charge in [-0.15, -0.1) is 0 Å². The van der Waals surface area contributed by atoms with Gasteiger partial charge in [-0.25, -0.2) is 0 Å². The minimum absolute atomic E-state index is 0.641. The molecule has 0 aromatic carbocycles. The average Bonchev–Trinajstić information content (AvgIpc) is 1.99. The summed E-state index contributed by atoms with van der Waals surface area (Å²) in [6.07, 6.45) is -4.51. The van der Waals surface area contributed by atoms with E-state index in [1.807, 2.05) is 0 Å². The molecular formula is C10H12F3NO. The molecule has 0 atom stereocenters. The highest BCUT2D eigenvalue weighted by Gasteiger charge is 2.36. The first-order chi connectivity index (χ1) is 6.64. The van der Waals surface area contributed by atoms with Crippen molar-refractivity contribution >= 4 is 0 Å². The maximum atomic E-state index is 12.6. The molecule has 0 saturated carbocycles. The quantitative estimate of drug-likeness (QED) is 0.657. The second-order valence-electron chi connectivity index (χ2n) is 4.25. The van der Waals surface area contributed by atoms with Crippen molar-refractivity contribution in [3.8, 4) is 0 Å². The molecule has 0 unspecified atom stereocenters. The zero-order valence-electron chi connectivity index (χ0n) is 8.72. The van der Waals surface area contributed by atoms with Gasteiger partial charge in [0.1, 0.15) is 5.69 Å². The van der Waals surface area contributed by atoms with Crippen LogP contribution < -0.4 is 5.56 Å². The molecule has 0 aliphatic heterocycles. The Morgan fingerprint density at radius 1 is 1.13 bits per heavy atom. The lowest BCUT2D eigenvalue weighted by Crippen LogP contribution is -2.38. The number of alkyl halides is 3. The fraction of sp³-hybridized carbons (Fsp3) is 0.500.